The van der Waals surface area contributed by atoms with E-state index in [1.165, 1.54) is 16.2 Å². The van der Waals surface area contributed by atoms with Crippen LogP contribution in [0.5, 0.6) is 0 Å². The third kappa shape index (κ3) is 2.96. The first kappa shape index (κ1) is 10.9. The smallest absolute Gasteiger partial charge is 0.328 e. The molecule has 0 aliphatic heterocycles. The van der Waals surface area contributed by atoms with Crippen molar-refractivity contribution in [3.8, 4) is 0 Å². The molecule has 0 atom stereocenters. The third-order valence-corrected chi connectivity index (χ3v) is 2.74. The predicted molar refractivity (Wildman–Crippen MR) is 57.5 cm³/mol. The van der Waals surface area contributed by atoms with Gasteiger partial charge in [-0.05, 0) is 19.4 Å². The number of aliphatic carboxylic acids is 1. The molecule has 0 aliphatic carbocycles. The van der Waals surface area contributed by atoms with Gasteiger partial charge >= 0.3 is 5.97 Å². The van der Waals surface area contributed by atoms with Crippen molar-refractivity contribution in [2.45, 2.75) is 26.7 Å². The topological polar surface area (TPSA) is 50.2 Å². The molecule has 0 fully saturated rings. The molecular weight excluding hydrogens is 198 g/mol. The van der Waals surface area contributed by atoms with Crippen LogP contribution in [0.2, 0.25) is 0 Å². The van der Waals surface area contributed by atoms with Crippen LogP contribution in [0.25, 0.3) is 6.08 Å². The molecular formula is C10H13NO2S. The van der Waals surface area contributed by atoms with Crippen molar-refractivity contribution >= 4 is 23.4 Å². The van der Waals surface area contributed by atoms with Crippen LogP contribution in [0, 0.1) is 6.92 Å². The van der Waals surface area contributed by atoms with E-state index in [0.717, 1.165) is 29.6 Å². The summed E-state index contributed by atoms with van der Waals surface area (Å²) in [6, 6.07) is 0. The van der Waals surface area contributed by atoms with E-state index in [2.05, 4.69) is 11.9 Å². The molecule has 0 radical (unpaired) electrons. The number of carboxylic acid groups (broad SMARTS) is 1. The number of thiazole rings is 1. The van der Waals surface area contributed by atoms with Crippen LogP contribution < -0.4 is 0 Å². The Morgan fingerprint density at radius 1 is 1.64 bits per heavy atom. The van der Waals surface area contributed by atoms with Crippen LogP contribution in [0.15, 0.2) is 6.08 Å². The SMILES string of the molecule is CCCc1nc(/C=C/C(=O)O)sc1C. The fourth-order valence-electron chi connectivity index (χ4n) is 1.13. The molecule has 14 heavy (non-hydrogen) atoms. The van der Waals surface area contributed by atoms with Gasteiger partial charge in [-0.15, -0.1) is 11.3 Å². The zero-order valence-electron chi connectivity index (χ0n) is 8.28. The Bertz CT molecular complexity index is 355. The lowest BCUT2D eigenvalue weighted by Crippen LogP contribution is -1.87. The maximum Gasteiger partial charge on any atom is 0.328 e. The van der Waals surface area contributed by atoms with Crippen molar-refractivity contribution in [1.29, 1.82) is 0 Å². The molecule has 1 N–H and O–H groups in total. The Hall–Kier alpha value is -1.16. The van der Waals surface area contributed by atoms with Crippen molar-refractivity contribution < 1.29 is 9.90 Å². The first-order valence-electron chi connectivity index (χ1n) is 4.50. The minimum Gasteiger partial charge on any atom is -0.478 e. The number of hydrogen-bond acceptors (Lipinski definition) is 3. The van der Waals surface area contributed by atoms with Crippen molar-refractivity contribution in [1.82, 2.24) is 4.98 Å². The van der Waals surface area contributed by atoms with Gasteiger partial charge in [-0.3, -0.25) is 0 Å². The Balaban J connectivity index is 2.80. The molecule has 0 aliphatic rings. The first-order valence-corrected chi connectivity index (χ1v) is 5.32. The number of aryl methyl sites for hydroxylation is 2. The summed E-state index contributed by atoms with van der Waals surface area (Å²) < 4.78 is 0. The maximum absolute atomic E-state index is 10.3. The lowest BCUT2D eigenvalue weighted by molar-refractivity contribution is -0.131. The van der Waals surface area contributed by atoms with E-state index in [-0.39, 0.29) is 0 Å². The fraction of sp³-hybridized carbons (Fsp3) is 0.400. The summed E-state index contributed by atoms with van der Waals surface area (Å²) in [6.07, 6.45) is 4.68. The molecule has 76 valence electrons. The highest BCUT2D eigenvalue weighted by Gasteiger charge is 2.04. The van der Waals surface area contributed by atoms with Crippen molar-refractivity contribution in [3.63, 3.8) is 0 Å². The van der Waals surface area contributed by atoms with Crippen molar-refractivity contribution in [2.75, 3.05) is 0 Å². The van der Waals surface area contributed by atoms with Crippen LogP contribution in [0.1, 0.15) is 28.9 Å². The summed E-state index contributed by atoms with van der Waals surface area (Å²) in [5.41, 5.74) is 1.09. The van der Waals surface area contributed by atoms with Gasteiger partial charge < -0.3 is 5.11 Å². The summed E-state index contributed by atoms with van der Waals surface area (Å²) >= 11 is 1.54. The minimum absolute atomic E-state index is 0.772. The van der Waals surface area contributed by atoms with E-state index in [9.17, 15) is 4.79 Å². The zero-order valence-corrected chi connectivity index (χ0v) is 9.10. The Kier molecular flexibility index (Phi) is 3.83. The number of carbonyl (C=O) groups is 1. The molecule has 0 saturated carbocycles. The number of hydrogen-bond donors (Lipinski definition) is 1. The standard InChI is InChI=1S/C10H13NO2S/c1-3-4-8-7(2)14-9(11-8)5-6-10(12)13/h5-6H,3-4H2,1-2H3,(H,12,13)/b6-5+. The second-order valence-electron chi connectivity index (χ2n) is 2.98. The minimum atomic E-state index is -0.935. The first-order chi connectivity index (χ1) is 6.63. The lowest BCUT2D eigenvalue weighted by Gasteiger charge is -1.90. The molecule has 4 heteroatoms. The van der Waals surface area contributed by atoms with Crippen LogP contribution >= 0.6 is 11.3 Å². The van der Waals surface area contributed by atoms with Crippen LogP contribution in [0.4, 0.5) is 0 Å². The second-order valence-corrected chi connectivity index (χ2v) is 4.21. The second kappa shape index (κ2) is 4.91. The summed E-state index contributed by atoms with van der Waals surface area (Å²) in [7, 11) is 0. The van der Waals surface area contributed by atoms with Crippen LogP contribution in [-0.2, 0) is 11.2 Å². The van der Waals surface area contributed by atoms with Gasteiger partial charge in [-0.25, -0.2) is 9.78 Å². The van der Waals surface area contributed by atoms with Gasteiger partial charge in [0.2, 0.25) is 0 Å². The molecule has 1 aromatic heterocycles. The van der Waals surface area contributed by atoms with E-state index in [1.807, 2.05) is 6.92 Å². The number of nitrogens with zero attached hydrogens (tertiary/aromatic N) is 1. The highest BCUT2D eigenvalue weighted by Crippen LogP contribution is 2.19. The maximum atomic E-state index is 10.3. The van der Waals surface area contributed by atoms with Gasteiger partial charge in [0, 0.05) is 11.0 Å². The van der Waals surface area contributed by atoms with E-state index in [1.54, 1.807) is 6.08 Å². The van der Waals surface area contributed by atoms with E-state index < -0.39 is 5.97 Å². The molecule has 1 rings (SSSR count). The summed E-state index contributed by atoms with van der Waals surface area (Å²) in [5, 5.41) is 9.22. The normalized spacial score (nSPS) is 11.0. The van der Waals surface area contributed by atoms with Gasteiger partial charge in [0.25, 0.3) is 0 Å². The molecule has 0 spiro atoms. The Morgan fingerprint density at radius 2 is 2.36 bits per heavy atom. The predicted octanol–water partition coefficient (Wildman–Crippen LogP) is 2.50. The van der Waals surface area contributed by atoms with Gasteiger partial charge in [0.15, 0.2) is 0 Å². The molecule has 0 unspecified atom stereocenters. The molecule has 0 amide bonds. The van der Waals surface area contributed by atoms with Crippen LogP contribution in [0.3, 0.4) is 0 Å². The van der Waals surface area contributed by atoms with Crippen molar-refractivity contribution in [3.05, 3.63) is 21.7 Å². The molecule has 0 saturated heterocycles. The van der Waals surface area contributed by atoms with Gasteiger partial charge in [0.1, 0.15) is 5.01 Å². The Morgan fingerprint density at radius 3 is 2.93 bits per heavy atom. The number of carboxylic acids is 1. The number of aromatic nitrogens is 1. The highest BCUT2D eigenvalue weighted by atomic mass is 32.1. The van der Waals surface area contributed by atoms with Crippen molar-refractivity contribution in [2.24, 2.45) is 0 Å². The average Bonchev–Trinajstić information content (AvgIpc) is 2.45. The van der Waals surface area contributed by atoms with E-state index in [4.69, 9.17) is 5.11 Å². The molecule has 3 nitrogen and oxygen atoms in total. The quantitative estimate of drug-likeness (QED) is 0.778. The molecule has 1 heterocycles. The van der Waals surface area contributed by atoms with Gasteiger partial charge in [-0.1, -0.05) is 13.3 Å². The summed E-state index contributed by atoms with van der Waals surface area (Å²) in [6.45, 7) is 4.12. The van der Waals surface area contributed by atoms with Gasteiger partial charge in [0.05, 0.1) is 5.69 Å². The van der Waals surface area contributed by atoms with Gasteiger partial charge in [-0.2, -0.15) is 0 Å². The zero-order chi connectivity index (χ0) is 10.6. The monoisotopic (exact) mass is 211 g/mol. The third-order valence-electron chi connectivity index (χ3n) is 1.76. The molecule has 0 aromatic carbocycles. The largest absolute Gasteiger partial charge is 0.478 e. The molecule has 0 bridgehead atoms. The van der Waals surface area contributed by atoms with Crippen LogP contribution in [-0.4, -0.2) is 16.1 Å². The summed E-state index contributed by atoms with van der Waals surface area (Å²) in [4.78, 5) is 15.8. The Labute approximate surface area is 87.1 Å². The summed E-state index contributed by atoms with van der Waals surface area (Å²) in [5.74, 6) is -0.935. The average molecular weight is 211 g/mol. The van der Waals surface area contributed by atoms with E-state index >= 15 is 0 Å². The van der Waals surface area contributed by atoms with E-state index in [0.29, 0.717) is 0 Å². The molecule has 1 aromatic rings. The number of rotatable bonds is 4. The lowest BCUT2D eigenvalue weighted by atomic mass is 10.2. The highest BCUT2D eigenvalue weighted by molar-refractivity contribution is 7.12. The fourth-order valence-corrected chi connectivity index (χ4v) is 2.00.